The van der Waals surface area contributed by atoms with Crippen LogP contribution in [0.3, 0.4) is 0 Å². The van der Waals surface area contributed by atoms with Gasteiger partial charge in [-0.3, -0.25) is 9.69 Å². The number of nitrogens with two attached hydrogens (primary N) is 1. The number of halogens is 1. The number of nitrogens with zero attached hydrogens (tertiary/aromatic N) is 3. The maximum atomic E-state index is 12.9. The van der Waals surface area contributed by atoms with Crippen LogP contribution in [0.4, 0.5) is 5.69 Å². The van der Waals surface area contributed by atoms with Gasteiger partial charge >= 0.3 is 0 Å². The third kappa shape index (κ3) is 3.62. The van der Waals surface area contributed by atoms with E-state index < -0.39 is 0 Å². The molecule has 2 N–H and O–H groups in total. The molecule has 30 heavy (non-hydrogen) atoms. The molecule has 0 unspecified atom stereocenters. The Morgan fingerprint density at radius 2 is 2.00 bits per heavy atom. The highest BCUT2D eigenvalue weighted by Gasteiger charge is 2.20. The van der Waals surface area contributed by atoms with Crippen molar-refractivity contribution in [2.45, 2.75) is 19.5 Å². The van der Waals surface area contributed by atoms with Crippen LogP contribution >= 0.6 is 15.9 Å². The summed E-state index contributed by atoms with van der Waals surface area (Å²) >= 11 is 3.42. The van der Waals surface area contributed by atoms with E-state index in [0.29, 0.717) is 35.4 Å². The van der Waals surface area contributed by atoms with E-state index >= 15 is 0 Å². The SMILES string of the molecule is Nc1ccc(-c2ncc3c(n2)CCN(Cc2coc4ccc(Br)cc4c2=O)C3)cc1. The van der Waals surface area contributed by atoms with E-state index in [9.17, 15) is 4.79 Å². The molecule has 5 rings (SSSR count). The molecule has 150 valence electrons. The minimum absolute atomic E-state index is 0.0123. The van der Waals surface area contributed by atoms with Crippen molar-refractivity contribution in [3.05, 3.63) is 86.4 Å². The molecule has 0 bridgehead atoms. The van der Waals surface area contributed by atoms with Crippen molar-refractivity contribution in [3.63, 3.8) is 0 Å². The minimum atomic E-state index is 0.0123. The molecule has 6 nitrogen and oxygen atoms in total. The Hall–Kier alpha value is -3.03. The molecule has 0 saturated carbocycles. The first-order chi connectivity index (χ1) is 14.6. The van der Waals surface area contributed by atoms with Crippen LogP contribution in [0, 0.1) is 0 Å². The molecule has 0 atom stereocenters. The quantitative estimate of drug-likeness (QED) is 0.460. The maximum absolute atomic E-state index is 12.9. The van der Waals surface area contributed by atoms with E-state index in [1.54, 1.807) is 12.3 Å². The third-order valence-corrected chi connectivity index (χ3v) is 5.88. The highest BCUT2D eigenvalue weighted by molar-refractivity contribution is 9.10. The Bertz CT molecular complexity index is 1300. The largest absolute Gasteiger partial charge is 0.464 e. The standard InChI is InChI=1S/C23H19BrN4O2/c24-17-3-6-21-19(9-17)22(29)16(13-30-21)12-28-8-7-20-15(11-28)10-26-23(27-20)14-1-4-18(25)5-2-14/h1-6,9-10,13H,7-8,11-12,25H2. The predicted octanol–water partition coefficient (Wildman–Crippen LogP) is 4.15. The average Bonchev–Trinajstić information content (AvgIpc) is 2.76. The topological polar surface area (TPSA) is 85.2 Å². The summed E-state index contributed by atoms with van der Waals surface area (Å²) < 4.78 is 6.54. The number of rotatable bonds is 3. The van der Waals surface area contributed by atoms with Crippen molar-refractivity contribution in [1.29, 1.82) is 0 Å². The van der Waals surface area contributed by atoms with E-state index in [4.69, 9.17) is 15.1 Å². The minimum Gasteiger partial charge on any atom is -0.464 e. The van der Waals surface area contributed by atoms with E-state index in [1.807, 2.05) is 42.6 Å². The summed E-state index contributed by atoms with van der Waals surface area (Å²) in [6.45, 7) is 2.05. The van der Waals surface area contributed by atoms with Gasteiger partial charge in [-0.05, 0) is 42.5 Å². The molecule has 0 fully saturated rings. The summed E-state index contributed by atoms with van der Waals surface area (Å²) in [5.41, 5.74) is 10.9. The van der Waals surface area contributed by atoms with Gasteiger partial charge in [0.25, 0.3) is 0 Å². The molecule has 4 aromatic rings. The first-order valence-corrected chi connectivity index (χ1v) is 10.5. The molecular weight excluding hydrogens is 444 g/mol. The number of hydrogen-bond acceptors (Lipinski definition) is 6. The van der Waals surface area contributed by atoms with Gasteiger partial charge in [0.2, 0.25) is 0 Å². The van der Waals surface area contributed by atoms with Gasteiger partial charge in [0, 0.05) is 59.1 Å². The van der Waals surface area contributed by atoms with Gasteiger partial charge in [0.1, 0.15) is 5.58 Å². The summed E-state index contributed by atoms with van der Waals surface area (Å²) in [6, 6.07) is 13.1. The van der Waals surface area contributed by atoms with E-state index in [1.165, 1.54) is 0 Å². The van der Waals surface area contributed by atoms with Crippen LogP contribution in [0.25, 0.3) is 22.4 Å². The lowest BCUT2D eigenvalue weighted by Crippen LogP contribution is -2.32. The fraction of sp³-hybridized carbons (Fsp3) is 0.174. The third-order valence-electron chi connectivity index (χ3n) is 5.38. The second-order valence-corrected chi connectivity index (χ2v) is 8.39. The maximum Gasteiger partial charge on any atom is 0.197 e. The molecule has 7 heteroatoms. The Morgan fingerprint density at radius 1 is 1.17 bits per heavy atom. The zero-order valence-electron chi connectivity index (χ0n) is 16.1. The summed E-state index contributed by atoms with van der Waals surface area (Å²) in [5.74, 6) is 0.711. The monoisotopic (exact) mass is 462 g/mol. The summed E-state index contributed by atoms with van der Waals surface area (Å²) in [5, 5.41) is 0.593. The van der Waals surface area contributed by atoms with E-state index in [2.05, 4.69) is 25.8 Å². The lowest BCUT2D eigenvalue weighted by Gasteiger charge is -2.27. The van der Waals surface area contributed by atoms with Crippen LogP contribution in [-0.4, -0.2) is 21.4 Å². The molecule has 0 spiro atoms. The van der Waals surface area contributed by atoms with Gasteiger partial charge < -0.3 is 10.2 Å². The van der Waals surface area contributed by atoms with Crippen molar-refractivity contribution >= 4 is 32.6 Å². The zero-order chi connectivity index (χ0) is 20.7. The number of nitrogen functional groups attached to an aromatic ring is 1. The Labute approximate surface area is 181 Å². The second-order valence-electron chi connectivity index (χ2n) is 7.48. The normalized spacial score (nSPS) is 14.0. The van der Waals surface area contributed by atoms with Gasteiger partial charge in [-0.15, -0.1) is 0 Å². The fourth-order valence-corrected chi connectivity index (χ4v) is 4.14. The van der Waals surface area contributed by atoms with Crippen LogP contribution in [0.15, 0.2) is 68.6 Å². The molecule has 0 aliphatic carbocycles. The lowest BCUT2D eigenvalue weighted by molar-refractivity contribution is 0.240. The number of aromatic nitrogens is 2. The summed E-state index contributed by atoms with van der Waals surface area (Å²) in [7, 11) is 0. The Kier molecular flexibility index (Phi) is 4.84. The van der Waals surface area contributed by atoms with Crippen LogP contribution < -0.4 is 11.2 Å². The van der Waals surface area contributed by atoms with E-state index in [0.717, 1.165) is 39.9 Å². The molecule has 2 aromatic heterocycles. The molecule has 2 aromatic carbocycles. The van der Waals surface area contributed by atoms with Gasteiger partial charge in [0.05, 0.1) is 17.3 Å². The van der Waals surface area contributed by atoms with Crippen molar-refractivity contribution < 1.29 is 4.42 Å². The first kappa shape index (κ1) is 19.0. The number of hydrogen-bond donors (Lipinski definition) is 1. The molecule has 1 aliphatic heterocycles. The zero-order valence-corrected chi connectivity index (χ0v) is 17.7. The first-order valence-electron chi connectivity index (χ1n) is 9.70. The van der Waals surface area contributed by atoms with Crippen molar-refractivity contribution in [2.24, 2.45) is 0 Å². The lowest BCUT2D eigenvalue weighted by atomic mass is 10.1. The van der Waals surface area contributed by atoms with Gasteiger partial charge in [-0.2, -0.15) is 0 Å². The number of benzene rings is 2. The van der Waals surface area contributed by atoms with Gasteiger partial charge in [-0.25, -0.2) is 9.97 Å². The van der Waals surface area contributed by atoms with E-state index in [-0.39, 0.29) is 5.43 Å². The van der Waals surface area contributed by atoms with Crippen molar-refractivity contribution in [1.82, 2.24) is 14.9 Å². The molecule has 0 amide bonds. The molecular formula is C23H19BrN4O2. The second kappa shape index (κ2) is 7.66. The van der Waals surface area contributed by atoms with Crippen molar-refractivity contribution in [2.75, 3.05) is 12.3 Å². The fourth-order valence-electron chi connectivity index (χ4n) is 3.77. The van der Waals surface area contributed by atoms with Crippen LogP contribution in [-0.2, 0) is 19.5 Å². The predicted molar refractivity (Wildman–Crippen MR) is 120 cm³/mol. The number of fused-ring (bicyclic) bond motifs is 2. The summed E-state index contributed by atoms with van der Waals surface area (Å²) in [6.07, 6.45) is 4.28. The van der Waals surface area contributed by atoms with Crippen LogP contribution in [0.2, 0.25) is 0 Å². The van der Waals surface area contributed by atoms with Gasteiger partial charge in [0.15, 0.2) is 11.3 Å². The highest BCUT2D eigenvalue weighted by atomic mass is 79.9. The highest BCUT2D eigenvalue weighted by Crippen LogP contribution is 2.23. The molecule has 0 saturated heterocycles. The smallest absolute Gasteiger partial charge is 0.197 e. The molecule has 0 radical (unpaired) electrons. The molecule has 3 heterocycles. The Balaban J connectivity index is 1.37. The average molecular weight is 463 g/mol. The van der Waals surface area contributed by atoms with Crippen LogP contribution in [0.1, 0.15) is 16.8 Å². The van der Waals surface area contributed by atoms with Crippen LogP contribution in [0.5, 0.6) is 0 Å². The van der Waals surface area contributed by atoms with Gasteiger partial charge in [-0.1, -0.05) is 15.9 Å². The molecule has 1 aliphatic rings. The van der Waals surface area contributed by atoms with Crippen molar-refractivity contribution in [3.8, 4) is 11.4 Å². The summed E-state index contributed by atoms with van der Waals surface area (Å²) in [4.78, 5) is 24.4. The number of anilines is 1. The Morgan fingerprint density at radius 3 is 2.83 bits per heavy atom.